The van der Waals surface area contributed by atoms with Crippen molar-refractivity contribution in [3.05, 3.63) is 54.1 Å². The average molecular weight is 339 g/mol. The van der Waals surface area contributed by atoms with Gasteiger partial charge in [-0.1, -0.05) is 24.0 Å². The van der Waals surface area contributed by atoms with Crippen LogP contribution >= 0.6 is 12.1 Å². The van der Waals surface area contributed by atoms with Gasteiger partial charge in [-0.05, 0) is 30.5 Å². The summed E-state index contributed by atoms with van der Waals surface area (Å²) in [6, 6.07) is 7.26. The van der Waals surface area contributed by atoms with Gasteiger partial charge in [0.25, 0.3) is 0 Å². The number of carbonyl (C=O) groups is 1. The fourth-order valence-corrected chi connectivity index (χ4v) is 2.25. The summed E-state index contributed by atoms with van der Waals surface area (Å²) in [6.07, 6.45) is 7.60. The summed E-state index contributed by atoms with van der Waals surface area (Å²) in [7, 11) is 0. The summed E-state index contributed by atoms with van der Waals surface area (Å²) in [5.41, 5.74) is 2.45. The zero-order valence-electron chi connectivity index (χ0n) is 13.0. The molecule has 1 fully saturated rings. The lowest BCUT2D eigenvalue weighted by Gasteiger charge is -2.08. The Bertz CT molecular complexity index is 783. The van der Waals surface area contributed by atoms with Crippen molar-refractivity contribution >= 4 is 23.9 Å². The van der Waals surface area contributed by atoms with E-state index in [4.69, 9.17) is 5.14 Å². The monoisotopic (exact) mass is 339 g/mol. The Labute approximate surface area is 144 Å². The number of imidazole rings is 1. The van der Waals surface area contributed by atoms with Crippen LogP contribution in [-0.4, -0.2) is 21.3 Å². The molecule has 3 N–H and O–H groups in total. The lowest BCUT2D eigenvalue weighted by Crippen LogP contribution is -2.19. The smallest absolute Gasteiger partial charge is 0.331 e. The first-order valence-corrected chi connectivity index (χ1v) is 8.43. The van der Waals surface area contributed by atoms with Gasteiger partial charge in [0, 0.05) is 36.0 Å². The first-order valence-electron chi connectivity index (χ1n) is 7.55. The van der Waals surface area contributed by atoms with Crippen molar-refractivity contribution in [1.29, 1.82) is 0 Å². The van der Waals surface area contributed by atoms with Crippen molar-refractivity contribution in [2.24, 2.45) is 16.0 Å². The average Bonchev–Trinajstić information content (AvgIpc) is 3.28. The molecule has 1 aromatic heterocycles. The van der Waals surface area contributed by atoms with E-state index in [0.717, 1.165) is 23.3 Å². The van der Waals surface area contributed by atoms with Crippen molar-refractivity contribution in [3.8, 4) is 11.8 Å². The maximum atomic E-state index is 11.8. The number of nitrogens with zero attached hydrogens (tertiary/aromatic N) is 3. The number of hydrogen-bond donors (Lipinski definition) is 2. The Morgan fingerprint density at radius 3 is 2.83 bits per heavy atom. The summed E-state index contributed by atoms with van der Waals surface area (Å²) in [4.78, 5) is 19.9. The maximum absolute atomic E-state index is 11.8. The van der Waals surface area contributed by atoms with Gasteiger partial charge in [0.2, 0.25) is 0 Å². The maximum Gasteiger partial charge on any atom is 0.352 e. The summed E-state index contributed by atoms with van der Waals surface area (Å²) < 4.78 is 4.25. The van der Waals surface area contributed by atoms with E-state index >= 15 is 0 Å². The largest absolute Gasteiger partial charge is 0.352 e. The molecule has 6 nitrogen and oxygen atoms in total. The molecule has 24 heavy (non-hydrogen) atoms. The number of amides is 2. The highest BCUT2D eigenvalue weighted by atomic mass is 32.2. The lowest BCUT2D eigenvalue weighted by atomic mass is 10.1. The molecule has 0 spiro atoms. The number of urea groups is 1. The number of nitrogens with one attached hydrogen (secondary N) is 1. The minimum atomic E-state index is -0.491. The van der Waals surface area contributed by atoms with E-state index in [1.807, 2.05) is 35.0 Å². The number of nitrogens with two attached hydrogens (primary N) is 1. The molecule has 3 rings (SSSR count). The molecule has 0 aliphatic heterocycles. The highest BCUT2D eigenvalue weighted by Crippen LogP contribution is 2.27. The molecule has 0 radical (unpaired) electrons. The summed E-state index contributed by atoms with van der Waals surface area (Å²) in [6.45, 7) is 0.440. The van der Waals surface area contributed by atoms with Gasteiger partial charge in [0.05, 0.1) is 18.6 Å². The van der Waals surface area contributed by atoms with E-state index in [1.54, 1.807) is 12.5 Å². The van der Waals surface area contributed by atoms with E-state index in [2.05, 4.69) is 26.5 Å². The molecular formula is C17H17N5OS. The number of aromatic nitrogens is 2. The molecule has 2 amide bonds. The Morgan fingerprint density at radius 1 is 1.42 bits per heavy atom. The Balaban J connectivity index is 1.81. The minimum Gasteiger partial charge on any atom is -0.331 e. The molecule has 1 aromatic carbocycles. The van der Waals surface area contributed by atoms with Crippen LogP contribution in [0.1, 0.15) is 24.0 Å². The van der Waals surface area contributed by atoms with Crippen LogP contribution in [0, 0.1) is 17.8 Å². The van der Waals surface area contributed by atoms with Gasteiger partial charge in [-0.2, -0.15) is 4.99 Å². The van der Waals surface area contributed by atoms with E-state index in [0.29, 0.717) is 18.2 Å². The van der Waals surface area contributed by atoms with Crippen LogP contribution in [-0.2, 0) is 6.54 Å². The van der Waals surface area contributed by atoms with Gasteiger partial charge in [-0.3, -0.25) is 9.86 Å². The SMILES string of the molecule is NSNC(=O)/N=C(/Cn1ccnc1)c1ccc(C#CC2CC2)cc1. The van der Waals surface area contributed by atoms with Crippen LogP contribution in [0.2, 0.25) is 0 Å². The molecule has 1 saturated carbocycles. The molecule has 2 aromatic rings. The van der Waals surface area contributed by atoms with Gasteiger partial charge >= 0.3 is 6.03 Å². The van der Waals surface area contributed by atoms with Gasteiger partial charge in [0.15, 0.2) is 0 Å². The number of rotatable bonds is 4. The lowest BCUT2D eigenvalue weighted by molar-refractivity contribution is 0.254. The van der Waals surface area contributed by atoms with Crippen molar-refractivity contribution in [3.63, 3.8) is 0 Å². The Kier molecular flexibility index (Phi) is 5.31. The molecule has 1 aliphatic carbocycles. The highest BCUT2D eigenvalue weighted by molar-refractivity contribution is 7.95. The third kappa shape index (κ3) is 4.72. The molecular weight excluding hydrogens is 322 g/mol. The van der Waals surface area contributed by atoms with Crippen molar-refractivity contribution in [1.82, 2.24) is 14.3 Å². The normalized spacial score (nSPS) is 14.0. The number of carbonyl (C=O) groups excluding carboxylic acids is 1. The van der Waals surface area contributed by atoms with E-state index in [9.17, 15) is 4.79 Å². The second kappa shape index (κ2) is 7.81. The van der Waals surface area contributed by atoms with Crippen molar-refractivity contribution < 1.29 is 4.79 Å². The third-order valence-electron chi connectivity index (χ3n) is 3.49. The van der Waals surface area contributed by atoms with E-state index in [-0.39, 0.29) is 0 Å². The second-order valence-corrected chi connectivity index (χ2v) is 5.88. The van der Waals surface area contributed by atoms with E-state index in [1.165, 1.54) is 12.8 Å². The van der Waals surface area contributed by atoms with E-state index < -0.39 is 6.03 Å². The molecule has 7 heteroatoms. The molecule has 122 valence electrons. The predicted octanol–water partition coefficient (Wildman–Crippen LogP) is 2.37. The molecule has 0 atom stereocenters. The molecule has 1 aliphatic rings. The standard InChI is InChI=1S/C17H17N5OS/c18-24-21-17(23)20-16(11-22-10-9-19-12-22)15-7-5-14(6-8-15)4-3-13-1-2-13/h5-10,12-13H,1-2,11,18H2,(H,21,23)/b20-16-. The van der Waals surface area contributed by atoms with Gasteiger partial charge < -0.3 is 4.57 Å². The second-order valence-electron chi connectivity index (χ2n) is 5.44. The topological polar surface area (TPSA) is 85.3 Å². The molecule has 1 heterocycles. The summed E-state index contributed by atoms with van der Waals surface area (Å²) in [5, 5.41) is 5.25. The zero-order valence-corrected chi connectivity index (χ0v) is 13.8. The number of hydrogen-bond acceptors (Lipinski definition) is 4. The zero-order chi connectivity index (χ0) is 16.8. The van der Waals surface area contributed by atoms with Crippen LogP contribution < -0.4 is 9.86 Å². The van der Waals surface area contributed by atoms with Crippen molar-refractivity contribution in [2.75, 3.05) is 0 Å². The first kappa shape index (κ1) is 16.3. The third-order valence-corrected chi connectivity index (χ3v) is 3.78. The predicted molar refractivity (Wildman–Crippen MR) is 95.1 cm³/mol. The minimum absolute atomic E-state index is 0.440. The van der Waals surface area contributed by atoms with Crippen LogP contribution in [0.4, 0.5) is 4.79 Å². The van der Waals surface area contributed by atoms with Crippen LogP contribution in [0.3, 0.4) is 0 Å². The molecule has 0 unspecified atom stereocenters. The fraction of sp³-hybridized carbons (Fsp3) is 0.235. The molecule has 0 saturated heterocycles. The summed E-state index contributed by atoms with van der Waals surface area (Å²) >= 11 is 0.728. The Morgan fingerprint density at radius 2 is 2.21 bits per heavy atom. The Hall–Kier alpha value is -2.56. The van der Waals surface area contributed by atoms with Crippen LogP contribution in [0.5, 0.6) is 0 Å². The van der Waals surface area contributed by atoms with Crippen LogP contribution in [0.15, 0.2) is 48.0 Å². The van der Waals surface area contributed by atoms with Gasteiger partial charge in [-0.25, -0.2) is 9.78 Å². The van der Waals surface area contributed by atoms with Crippen molar-refractivity contribution in [2.45, 2.75) is 19.4 Å². The number of benzene rings is 1. The highest BCUT2D eigenvalue weighted by Gasteiger charge is 2.17. The summed E-state index contributed by atoms with van der Waals surface area (Å²) in [5.74, 6) is 6.98. The quantitative estimate of drug-likeness (QED) is 0.509. The van der Waals surface area contributed by atoms with Gasteiger partial charge in [-0.15, -0.1) is 0 Å². The van der Waals surface area contributed by atoms with Gasteiger partial charge in [0.1, 0.15) is 0 Å². The first-order chi connectivity index (χ1) is 11.7. The molecule has 0 bridgehead atoms. The number of aliphatic imine (C=N–C) groups is 1. The fourth-order valence-electron chi connectivity index (χ4n) is 2.10. The van der Waals surface area contributed by atoms with Crippen LogP contribution in [0.25, 0.3) is 0 Å².